The van der Waals surface area contributed by atoms with Crippen molar-refractivity contribution in [3.05, 3.63) is 59.2 Å². The summed E-state index contributed by atoms with van der Waals surface area (Å²) >= 11 is 1.36. The average molecular weight is 369 g/mol. The van der Waals surface area contributed by atoms with Crippen molar-refractivity contribution in [1.82, 2.24) is 9.97 Å². The monoisotopic (exact) mass is 369 g/mol. The summed E-state index contributed by atoms with van der Waals surface area (Å²) in [6.45, 7) is 2.85. The van der Waals surface area contributed by atoms with Gasteiger partial charge >= 0.3 is 0 Å². The molecule has 1 aromatic carbocycles. The molecule has 0 saturated carbocycles. The number of benzene rings is 1. The van der Waals surface area contributed by atoms with Gasteiger partial charge in [0, 0.05) is 29.9 Å². The molecule has 6 nitrogen and oxygen atoms in total. The van der Waals surface area contributed by atoms with Crippen LogP contribution in [0.1, 0.15) is 16.1 Å². The van der Waals surface area contributed by atoms with E-state index in [9.17, 15) is 4.79 Å². The second-order valence-corrected chi connectivity index (χ2v) is 6.38. The van der Waals surface area contributed by atoms with E-state index in [2.05, 4.69) is 15.3 Å². The Balaban J connectivity index is 1.74. The first kappa shape index (κ1) is 18.0. The third-order valence-electron chi connectivity index (χ3n) is 3.61. The highest BCUT2D eigenvalue weighted by atomic mass is 32.1. The number of anilines is 1. The Morgan fingerprint density at radius 2 is 2.04 bits per heavy atom. The van der Waals surface area contributed by atoms with Gasteiger partial charge in [0.1, 0.15) is 12.4 Å². The number of hydrogen-bond acceptors (Lipinski definition) is 6. The lowest BCUT2D eigenvalue weighted by Gasteiger charge is -2.09. The number of carbonyl (C=O) groups is 1. The quantitative estimate of drug-likeness (QED) is 0.642. The van der Waals surface area contributed by atoms with E-state index >= 15 is 0 Å². The zero-order valence-corrected chi connectivity index (χ0v) is 15.4. The average Bonchev–Trinajstić information content (AvgIpc) is 3.11. The minimum atomic E-state index is -0.233. The predicted octanol–water partition coefficient (Wildman–Crippen LogP) is 3.79. The first-order valence-corrected chi connectivity index (χ1v) is 8.96. The van der Waals surface area contributed by atoms with Crippen molar-refractivity contribution in [3.63, 3.8) is 0 Å². The largest absolute Gasteiger partial charge is 0.490 e. The molecule has 0 unspecified atom stereocenters. The number of thiazole rings is 1. The molecule has 0 spiro atoms. The van der Waals surface area contributed by atoms with E-state index in [-0.39, 0.29) is 5.91 Å². The molecule has 2 heterocycles. The Labute approximate surface area is 155 Å². The number of aryl methyl sites for hydroxylation is 1. The molecule has 0 bridgehead atoms. The number of nitrogens with one attached hydrogen (secondary N) is 1. The van der Waals surface area contributed by atoms with Crippen LogP contribution >= 0.6 is 11.3 Å². The summed E-state index contributed by atoms with van der Waals surface area (Å²) < 4.78 is 10.8. The third-order valence-corrected chi connectivity index (χ3v) is 4.36. The molecule has 134 valence electrons. The Hall–Kier alpha value is -2.77. The molecule has 0 aliphatic rings. The zero-order chi connectivity index (χ0) is 18.4. The van der Waals surface area contributed by atoms with Gasteiger partial charge in [0.15, 0.2) is 5.13 Å². The molecule has 0 aliphatic heterocycles. The highest BCUT2D eigenvalue weighted by molar-refractivity contribution is 7.14. The summed E-state index contributed by atoms with van der Waals surface area (Å²) in [7, 11) is 1.63. The Kier molecular flexibility index (Phi) is 5.93. The van der Waals surface area contributed by atoms with Crippen molar-refractivity contribution in [3.8, 4) is 17.0 Å². The van der Waals surface area contributed by atoms with Crippen molar-refractivity contribution >= 4 is 22.4 Å². The van der Waals surface area contributed by atoms with Crippen LogP contribution in [0.3, 0.4) is 0 Å². The smallest absolute Gasteiger partial charge is 0.259 e. The number of methoxy groups -OCH3 is 1. The van der Waals surface area contributed by atoms with Crippen LogP contribution in [0.25, 0.3) is 11.3 Å². The number of amides is 1. The van der Waals surface area contributed by atoms with Crippen molar-refractivity contribution in [1.29, 1.82) is 0 Å². The van der Waals surface area contributed by atoms with E-state index in [1.165, 1.54) is 11.3 Å². The van der Waals surface area contributed by atoms with Crippen molar-refractivity contribution in [2.24, 2.45) is 0 Å². The van der Waals surface area contributed by atoms with Gasteiger partial charge in [0.05, 0.1) is 17.9 Å². The van der Waals surface area contributed by atoms with Gasteiger partial charge in [-0.05, 0) is 31.2 Å². The fourth-order valence-corrected chi connectivity index (χ4v) is 2.97. The van der Waals surface area contributed by atoms with Crippen LogP contribution in [0.15, 0.2) is 48.0 Å². The number of para-hydroxylation sites is 1. The standard InChI is InChI=1S/C19H19N3O3S/c1-13-7-8-14(11-20-13)18(23)22-19-21-16(12-26-19)15-5-3-4-6-17(15)25-10-9-24-2/h3-8,11-12H,9-10H2,1-2H3,(H,21,22,23). The van der Waals surface area contributed by atoms with Crippen LogP contribution in [0.4, 0.5) is 5.13 Å². The number of hydrogen-bond donors (Lipinski definition) is 1. The maximum Gasteiger partial charge on any atom is 0.259 e. The summed E-state index contributed by atoms with van der Waals surface area (Å²) in [6, 6.07) is 11.2. The van der Waals surface area contributed by atoms with Gasteiger partial charge in [-0.2, -0.15) is 0 Å². The van der Waals surface area contributed by atoms with Gasteiger partial charge in [0.2, 0.25) is 0 Å². The first-order chi connectivity index (χ1) is 12.7. The molecule has 3 rings (SSSR count). The number of ether oxygens (including phenoxy) is 2. The van der Waals surface area contributed by atoms with Gasteiger partial charge in [0.25, 0.3) is 5.91 Å². The second kappa shape index (κ2) is 8.55. The molecular weight excluding hydrogens is 350 g/mol. The van der Waals surface area contributed by atoms with Gasteiger partial charge in [-0.1, -0.05) is 12.1 Å². The Morgan fingerprint density at radius 1 is 1.19 bits per heavy atom. The van der Waals surface area contributed by atoms with E-state index < -0.39 is 0 Å². The molecule has 0 atom stereocenters. The maximum absolute atomic E-state index is 12.3. The maximum atomic E-state index is 12.3. The minimum absolute atomic E-state index is 0.233. The Bertz CT molecular complexity index is 878. The third kappa shape index (κ3) is 4.44. The van der Waals surface area contributed by atoms with Crippen molar-refractivity contribution < 1.29 is 14.3 Å². The van der Waals surface area contributed by atoms with Crippen LogP contribution in [-0.4, -0.2) is 36.2 Å². The molecular formula is C19H19N3O3S. The van der Waals surface area contributed by atoms with E-state index in [1.807, 2.05) is 36.6 Å². The molecule has 0 saturated heterocycles. The number of aromatic nitrogens is 2. The molecule has 1 amide bonds. The van der Waals surface area contributed by atoms with Crippen LogP contribution in [-0.2, 0) is 4.74 Å². The van der Waals surface area contributed by atoms with Gasteiger partial charge in [-0.3, -0.25) is 15.1 Å². The molecule has 26 heavy (non-hydrogen) atoms. The van der Waals surface area contributed by atoms with Gasteiger partial charge in [-0.25, -0.2) is 4.98 Å². The normalized spacial score (nSPS) is 10.5. The fraction of sp³-hybridized carbons (Fsp3) is 0.211. The van der Waals surface area contributed by atoms with E-state index in [1.54, 1.807) is 25.4 Å². The molecule has 0 radical (unpaired) electrons. The highest BCUT2D eigenvalue weighted by Gasteiger charge is 2.13. The Morgan fingerprint density at radius 3 is 2.81 bits per heavy atom. The fourth-order valence-electron chi connectivity index (χ4n) is 2.27. The summed E-state index contributed by atoms with van der Waals surface area (Å²) in [5.41, 5.74) is 2.98. The summed E-state index contributed by atoms with van der Waals surface area (Å²) in [6.07, 6.45) is 1.55. The van der Waals surface area contributed by atoms with Gasteiger partial charge in [-0.15, -0.1) is 11.3 Å². The molecule has 0 aliphatic carbocycles. The SMILES string of the molecule is COCCOc1ccccc1-c1csc(NC(=O)c2ccc(C)nc2)n1. The molecule has 1 N–H and O–H groups in total. The van der Waals surface area contributed by atoms with E-state index in [0.29, 0.717) is 23.9 Å². The topological polar surface area (TPSA) is 73.3 Å². The first-order valence-electron chi connectivity index (χ1n) is 8.08. The van der Waals surface area contributed by atoms with Crippen LogP contribution in [0, 0.1) is 6.92 Å². The van der Waals surface area contributed by atoms with Crippen molar-refractivity contribution in [2.45, 2.75) is 6.92 Å². The zero-order valence-electron chi connectivity index (χ0n) is 14.6. The lowest BCUT2D eigenvalue weighted by molar-refractivity contribution is 0.102. The second-order valence-electron chi connectivity index (χ2n) is 5.52. The summed E-state index contributed by atoms with van der Waals surface area (Å²) in [5.74, 6) is 0.499. The van der Waals surface area contributed by atoms with E-state index in [4.69, 9.17) is 9.47 Å². The number of pyridine rings is 1. The lowest BCUT2D eigenvalue weighted by atomic mass is 10.1. The molecule has 2 aromatic heterocycles. The lowest BCUT2D eigenvalue weighted by Crippen LogP contribution is -2.12. The highest BCUT2D eigenvalue weighted by Crippen LogP contribution is 2.32. The van der Waals surface area contributed by atoms with Crippen molar-refractivity contribution in [2.75, 3.05) is 25.6 Å². The van der Waals surface area contributed by atoms with Crippen LogP contribution < -0.4 is 10.1 Å². The summed E-state index contributed by atoms with van der Waals surface area (Å²) in [5, 5.41) is 5.22. The number of rotatable bonds is 7. The molecule has 3 aromatic rings. The van der Waals surface area contributed by atoms with Crippen LogP contribution in [0.2, 0.25) is 0 Å². The van der Waals surface area contributed by atoms with Crippen LogP contribution in [0.5, 0.6) is 5.75 Å². The predicted molar refractivity (Wildman–Crippen MR) is 102 cm³/mol. The number of nitrogens with zero attached hydrogens (tertiary/aromatic N) is 2. The summed E-state index contributed by atoms with van der Waals surface area (Å²) in [4.78, 5) is 20.9. The minimum Gasteiger partial charge on any atom is -0.490 e. The van der Waals surface area contributed by atoms with Gasteiger partial charge < -0.3 is 9.47 Å². The molecule has 7 heteroatoms. The van der Waals surface area contributed by atoms with E-state index in [0.717, 1.165) is 22.7 Å². The number of carbonyl (C=O) groups excluding carboxylic acids is 1. The molecule has 0 fully saturated rings.